The lowest BCUT2D eigenvalue weighted by Gasteiger charge is -2.18. The summed E-state index contributed by atoms with van der Waals surface area (Å²) < 4.78 is 40.0. The van der Waals surface area contributed by atoms with Crippen LogP contribution in [-0.2, 0) is 16.6 Å². The molecule has 1 N–H and O–H groups in total. The van der Waals surface area contributed by atoms with Crippen molar-refractivity contribution in [2.24, 2.45) is 0 Å². The lowest BCUT2D eigenvalue weighted by molar-refractivity contribution is 0.453. The van der Waals surface area contributed by atoms with Gasteiger partial charge in [0.2, 0.25) is 10.0 Å². The quantitative estimate of drug-likeness (QED) is 0.802. The molecule has 1 aromatic rings. The molecule has 0 saturated heterocycles. The number of nitrogens with zero attached hydrogens (tertiary/aromatic N) is 1. The van der Waals surface area contributed by atoms with Crippen LogP contribution in [-0.4, -0.2) is 32.4 Å². The number of unbranched alkanes of at least 4 members (excludes halogenated alkanes) is 1. The topological polar surface area (TPSA) is 49.4 Å². The van der Waals surface area contributed by atoms with E-state index in [0.717, 1.165) is 31.2 Å². The van der Waals surface area contributed by atoms with Gasteiger partial charge in [-0.1, -0.05) is 19.4 Å². The molecular weight excluding hydrogens is 291 g/mol. The molecule has 0 spiro atoms. The van der Waals surface area contributed by atoms with Crippen LogP contribution >= 0.6 is 0 Å². The van der Waals surface area contributed by atoms with Crippen molar-refractivity contribution in [1.82, 2.24) is 9.62 Å². The van der Waals surface area contributed by atoms with Gasteiger partial charge in [-0.25, -0.2) is 17.1 Å². The van der Waals surface area contributed by atoms with Gasteiger partial charge in [-0.3, -0.25) is 0 Å². The highest BCUT2D eigenvalue weighted by Crippen LogP contribution is 2.22. The molecule has 1 fully saturated rings. The van der Waals surface area contributed by atoms with Crippen LogP contribution in [0.15, 0.2) is 23.1 Å². The zero-order valence-corrected chi connectivity index (χ0v) is 13.4. The molecule has 2 rings (SSSR count). The van der Waals surface area contributed by atoms with Gasteiger partial charge in [-0.15, -0.1) is 0 Å². The van der Waals surface area contributed by atoms with E-state index in [1.165, 1.54) is 23.5 Å². The molecule has 0 heterocycles. The second kappa shape index (κ2) is 6.85. The first-order valence-electron chi connectivity index (χ1n) is 7.43. The SMILES string of the molecule is CCCCN(C)S(=O)(=O)c1cc(CNC2CC2)ccc1F. The molecule has 1 aliphatic carbocycles. The van der Waals surface area contributed by atoms with Crippen molar-refractivity contribution in [2.75, 3.05) is 13.6 Å². The zero-order valence-electron chi connectivity index (χ0n) is 12.6. The Balaban J connectivity index is 2.17. The number of nitrogens with one attached hydrogen (secondary N) is 1. The van der Waals surface area contributed by atoms with Crippen LogP contribution in [0.2, 0.25) is 0 Å². The molecule has 6 heteroatoms. The molecule has 0 unspecified atom stereocenters. The fourth-order valence-electron chi connectivity index (χ4n) is 2.07. The van der Waals surface area contributed by atoms with Gasteiger partial charge in [0.05, 0.1) is 0 Å². The lowest BCUT2D eigenvalue weighted by atomic mass is 10.2. The minimum absolute atomic E-state index is 0.226. The van der Waals surface area contributed by atoms with E-state index in [-0.39, 0.29) is 4.90 Å². The number of hydrogen-bond acceptors (Lipinski definition) is 3. The van der Waals surface area contributed by atoms with Crippen LogP contribution in [0.25, 0.3) is 0 Å². The van der Waals surface area contributed by atoms with Gasteiger partial charge in [-0.05, 0) is 37.0 Å². The minimum Gasteiger partial charge on any atom is -0.310 e. The third-order valence-electron chi connectivity index (χ3n) is 3.68. The number of halogens is 1. The van der Waals surface area contributed by atoms with Crippen LogP contribution in [0.1, 0.15) is 38.2 Å². The zero-order chi connectivity index (χ0) is 15.5. The average Bonchev–Trinajstić information content (AvgIpc) is 3.27. The van der Waals surface area contributed by atoms with E-state index < -0.39 is 15.8 Å². The van der Waals surface area contributed by atoms with Crippen LogP contribution in [0.5, 0.6) is 0 Å². The Kier molecular flexibility index (Phi) is 5.35. The Morgan fingerprint density at radius 2 is 2.10 bits per heavy atom. The van der Waals surface area contributed by atoms with Crippen LogP contribution < -0.4 is 5.32 Å². The maximum Gasteiger partial charge on any atom is 0.245 e. The van der Waals surface area contributed by atoms with Crippen molar-refractivity contribution in [2.45, 2.75) is 50.1 Å². The highest BCUT2D eigenvalue weighted by molar-refractivity contribution is 7.89. The van der Waals surface area contributed by atoms with Crippen molar-refractivity contribution in [3.8, 4) is 0 Å². The maximum atomic E-state index is 13.9. The van der Waals surface area contributed by atoms with Crippen LogP contribution in [0.3, 0.4) is 0 Å². The van der Waals surface area contributed by atoms with E-state index >= 15 is 0 Å². The molecule has 0 radical (unpaired) electrons. The molecule has 0 bridgehead atoms. The van der Waals surface area contributed by atoms with Gasteiger partial charge in [0.15, 0.2) is 0 Å². The third-order valence-corrected chi connectivity index (χ3v) is 5.55. The number of rotatable bonds is 8. The molecule has 0 amide bonds. The van der Waals surface area contributed by atoms with E-state index in [1.54, 1.807) is 6.07 Å². The predicted molar refractivity (Wildman–Crippen MR) is 81.0 cm³/mol. The molecule has 0 aliphatic heterocycles. The van der Waals surface area contributed by atoms with E-state index in [2.05, 4.69) is 5.32 Å². The monoisotopic (exact) mass is 314 g/mol. The molecule has 21 heavy (non-hydrogen) atoms. The Bertz CT molecular complexity index is 585. The van der Waals surface area contributed by atoms with Gasteiger partial charge in [0.1, 0.15) is 10.7 Å². The predicted octanol–water partition coefficient (Wildman–Crippen LogP) is 2.50. The largest absolute Gasteiger partial charge is 0.310 e. The van der Waals surface area contributed by atoms with Crippen molar-refractivity contribution < 1.29 is 12.8 Å². The number of benzene rings is 1. The first kappa shape index (κ1) is 16.4. The summed E-state index contributed by atoms with van der Waals surface area (Å²) in [4.78, 5) is -0.226. The van der Waals surface area contributed by atoms with Crippen LogP contribution in [0, 0.1) is 5.82 Å². The fraction of sp³-hybridized carbons (Fsp3) is 0.600. The van der Waals surface area contributed by atoms with Gasteiger partial charge in [-0.2, -0.15) is 0 Å². The molecular formula is C15H23FN2O2S. The Morgan fingerprint density at radius 3 is 2.71 bits per heavy atom. The highest BCUT2D eigenvalue weighted by atomic mass is 32.2. The third kappa shape index (κ3) is 4.25. The van der Waals surface area contributed by atoms with E-state index in [9.17, 15) is 12.8 Å². The minimum atomic E-state index is -3.76. The van der Waals surface area contributed by atoms with Gasteiger partial charge in [0, 0.05) is 26.2 Å². The second-order valence-corrected chi connectivity index (χ2v) is 7.61. The van der Waals surface area contributed by atoms with E-state index in [4.69, 9.17) is 0 Å². The standard InChI is InChI=1S/C15H23FN2O2S/c1-3-4-9-18(2)21(19,20)15-10-12(5-8-14(15)16)11-17-13-6-7-13/h5,8,10,13,17H,3-4,6-7,9,11H2,1-2H3. The summed E-state index contributed by atoms with van der Waals surface area (Å²) in [6.07, 6.45) is 3.98. The molecule has 1 aromatic carbocycles. The summed E-state index contributed by atoms with van der Waals surface area (Å²) in [5.74, 6) is -0.687. The molecule has 1 aliphatic rings. The summed E-state index contributed by atoms with van der Waals surface area (Å²) in [5.41, 5.74) is 0.797. The number of hydrogen-bond donors (Lipinski definition) is 1. The summed E-state index contributed by atoms with van der Waals surface area (Å²) in [6, 6.07) is 4.85. The number of sulfonamides is 1. The Morgan fingerprint density at radius 1 is 1.38 bits per heavy atom. The van der Waals surface area contributed by atoms with Gasteiger partial charge >= 0.3 is 0 Å². The average molecular weight is 314 g/mol. The van der Waals surface area contributed by atoms with Crippen LogP contribution in [0.4, 0.5) is 4.39 Å². The summed E-state index contributed by atoms with van der Waals surface area (Å²) in [6.45, 7) is 2.97. The van der Waals surface area contributed by atoms with E-state index in [0.29, 0.717) is 19.1 Å². The normalized spacial score (nSPS) is 15.6. The summed E-state index contributed by atoms with van der Waals surface area (Å²) >= 11 is 0. The van der Waals surface area contributed by atoms with Crippen molar-refractivity contribution in [3.05, 3.63) is 29.6 Å². The van der Waals surface area contributed by atoms with Crippen molar-refractivity contribution in [1.29, 1.82) is 0 Å². The highest BCUT2D eigenvalue weighted by Gasteiger charge is 2.25. The molecule has 0 atom stereocenters. The van der Waals surface area contributed by atoms with Crippen molar-refractivity contribution >= 4 is 10.0 Å². The Labute approximate surface area is 126 Å². The molecule has 1 saturated carbocycles. The smallest absolute Gasteiger partial charge is 0.245 e. The Hall–Kier alpha value is -0.980. The molecule has 0 aromatic heterocycles. The van der Waals surface area contributed by atoms with E-state index in [1.807, 2.05) is 6.92 Å². The first-order chi connectivity index (χ1) is 9.95. The second-order valence-electron chi connectivity index (χ2n) is 5.60. The van der Waals surface area contributed by atoms with Gasteiger partial charge < -0.3 is 5.32 Å². The molecule has 118 valence electrons. The first-order valence-corrected chi connectivity index (χ1v) is 8.87. The molecule has 4 nitrogen and oxygen atoms in total. The fourth-order valence-corrected chi connectivity index (χ4v) is 3.39. The van der Waals surface area contributed by atoms with Gasteiger partial charge in [0.25, 0.3) is 0 Å². The summed E-state index contributed by atoms with van der Waals surface area (Å²) in [5, 5.41) is 3.30. The maximum absolute atomic E-state index is 13.9. The lowest BCUT2D eigenvalue weighted by Crippen LogP contribution is -2.29. The summed E-state index contributed by atoms with van der Waals surface area (Å²) in [7, 11) is -2.26. The van der Waals surface area contributed by atoms with Crippen molar-refractivity contribution in [3.63, 3.8) is 0 Å².